The van der Waals surface area contributed by atoms with Gasteiger partial charge in [0.1, 0.15) is 5.75 Å². The zero-order valence-electron chi connectivity index (χ0n) is 24.6. The quantitative estimate of drug-likeness (QED) is 0.337. The number of likely N-dealkylation sites (tertiary alicyclic amines) is 2. The van der Waals surface area contributed by atoms with Crippen LogP contribution in [0.2, 0.25) is 0 Å². The summed E-state index contributed by atoms with van der Waals surface area (Å²) in [5.41, 5.74) is 5.22. The van der Waals surface area contributed by atoms with Gasteiger partial charge in [-0.1, -0.05) is 12.1 Å². The molecule has 1 saturated carbocycles. The molecule has 2 N–H and O–H groups in total. The molecule has 7 nitrogen and oxygen atoms in total. The number of ether oxygens (including phenoxy) is 1. The molecule has 0 radical (unpaired) electrons. The third-order valence-electron chi connectivity index (χ3n) is 9.92. The van der Waals surface area contributed by atoms with Crippen LogP contribution in [0.3, 0.4) is 0 Å². The molecule has 2 aliphatic heterocycles. The fraction of sp³-hybridized carbons (Fsp3) is 0.515. The van der Waals surface area contributed by atoms with E-state index >= 15 is 0 Å². The van der Waals surface area contributed by atoms with Crippen LogP contribution in [0.4, 0.5) is 13.2 Å². The van der Waals surface area contributed by atoms with Gasteiger partial charge in [0.25, 0.3) is 5.91 Å². The summed E-state index contributed by atoms with van der Waals surface area (Å²) < 4.78 is 44.0. The lowest BCUT2D eigenvalue weighted by molar-refractivity contribution is -0.208. The summed E-state index contributed by atoms with van der Waals surface area (Å²) in [7, 11) is 1.71. The lowest BCUT2D eigenvalue weighted by Crippen LogP contribution is -2.54. The number of piperidine rings is 1. The summed E-state index contributed by atoms with van der Waals surface area (Å²) in [6, 6.07) is 14.5. The predicted octanol–water partition coefficient (Wildman–Crippen LogP) is 5.97. The number of hydrogen-bond acceptors (Lipinski definition) is 5. The monoisotopic (exact) mass is 593 g/mol. The summed E-state index contributed by atoms with van der Waals surface area (Å²) in [6.45, 7) is 4.38. The van der Waals surface area contributed by atoms with Crippen LogP contribution in [0, 0.1) is 35.5 Å². The molecule has 2 saturated heterocycles. The molecule has 3 fully saturated rings. The number of nitriles is 1. The first-order chi connectivity index (χ1) is 20.6. The molecule has 1 atom stereocenters. The van der Waals surface area contributed by atoms with Crippen molar-refractivity contribution >= 4 is 16.8 Å². The number of H-pyrrole nitrogens is 1. The van der Waals surface area contributed by atoms with Gasteiger partial charge in [0, 0.05) is 72.9 Å². The molecular weight excluding hydrogens is 555 g/mol. The molecule has 2 aromatic carbocycles. The van der Waals surface area contributed by atoms with E-state index in [2.05, 4.69) is 40.3 Å². The largest absolute Gasteiger partial charge is 0.496 e. The lowest BCUT2D eigenvalue weighted by Gasteiger charge is -2.53. The SMILES string of the molecule is COc1cc(C)c2[nH]ccc2c1CN1CCC2(CC(C#N)C2)CC1c1ccc(C(=O)NCCN2CC(C(F)(F)F)C2)cc1. The smallest absolute Gasteiger partial charge is 0.394 e. The number of carbonyl (C=O) groups excluding carboxylic acids is 1. The third-order valence-corrected chi connectivity index (χ3v) is 9.92. The van der Waals surface area contributed by atoms with Crippen molar-refractivity contribution in [2.24, 2.45) is 17.3 Å². The molecule has 3 aliphatic rings. The molecule has 3 aromatic rings. The van der Waals surface area contributed by atoms with Gasteiger partial charge in [0.15, 0.2) is 0 Å². The minimum absolute atomic E-state index is 0.00731. The van der Waals surface area contributed by atoms with Crippen LogP contribution in [-0.4, -0.2) is 66.7 Å². The van der Waals surface area contributed by atoms with E-state index in [0.29, 0.717) is 25.2 Å². The summed E-state index contributed by atoms with van der Waals surface area (Å²) in [6.07, 6.45) is 1.69. The van der Waals surface area contributed by atoms with Gasteiger partial charge in [-0.05, 0) is 80.0 Å². The average Bonchev–Trinajstić information content (AvgIpc) is 3.44. The van der Waals surface area contributed by atoms with E-state index in [1.807, 2.05) is 30.5 Å². The Bertz CT molecular complexity index is 1510. The summed E-state index contributed by atoms with van der Waals surface area (Å²) in [5.74, 6) is -0.492. The number of hydrogen-bond donors (Lipinski definition) is 2. The number of nitrogens with zero attached hydrogens (tertiary/aromatic N) is 3. The van der Waals surface area contributed by atoms with Crippen molar-refractivity contribution in [2.45, 2.75) is 51.4 Å². The number of benzene rings is 2. The lowest BCUT2D eigenvalue weighted by atomic mass is 9.56. The van der Waals surface area contributed by atoms with Crippen molar-refractivity contribution in [1.29, 1.82) is 5.26 Å². The van der Waals surface area contributed by atoms with E-state index in [9.17, 15) is 23.2 Å². The van der Waals surface area contributed by atoms with Crippen LogP contribution >= 0.6 is 0 Å². The van der Waals surface area contributed by atoms with Crippen molar-refractivity contribution in [1.82, 2.24) is 20.1 Å². The number of methoxy groups -OCH3 is 1. The molecule has 1 unspecified atom stereocenters. The van der Waals surface area contributed by atoms with Gasteiger partial charge in [-0.2, -0.15) is 18.4 Å². The van der Waals surface area contributed by atoms with Gasteiger partial charge in [-0.3, -0.25) is 9.69 Å². The van der Waals surface area contributed by atoms with E-state index in [4.69, 9.17) is 4.74 Å². The van der Waals surface area contributed by atoms with Gasteiger partial charge in [-0.25, -0.2) is 0 Å². The Labute approximate surface area is 250 Å². The summed E-state index contributed by atoms with van der Waals surface area (Å²) in [5, 5.41) is 13.5. The Hall–Kier alpha value is -3.55. The second-order valence-electron chi connectivity index (χ2n) is 12.7. The minimum atomic E-state index is -4.15. The number of aromatic amines is 1. The molecular formula is C33H38F3N5O2. The van der Waals surface area contributed by atoms with Gasteiger partial charge in [0.2, 0.25) is 0 Å². The van der Waals surface area contributed by atoms with Crippen LogP contribution in [0.1, 0.15) is 58.8 Å². The normalized spacial score (nSPS) is 24.8. The molecule has 1 amide bonds. The number of rotatable bonds is 8. The molecule has 3 heterocycles. The zero-order chi connectivity index (χ0) is 30.4. The molecule has 10 heteroatoms. The summed E-state index contributed by atoms with van der Waals surface area (Å²) >= 11 is 0. The average molecular weight is 594 g/mol. The number of halogens is 3. The topological polar surface area (TPSA) is 84.4 Å². The predicted molar refractivity (Wildman–Crippen MR) is 158 cm³/mol. The van der Waals surface area contributed by atoms with Crippen molar-refractivity contribution in [3.05, 3.63) is 64.8 Å². The maximum absolute atomic E-state index is 12.8. The first-order valence-electron chi connectivity index (χ1n) is 15.0. The second kappa shape index (κ2) is 11.5. The summed E-state index contributed by atoms with van der Waals surface area (Å²) in [4.78, 5) is 20.4. The van der Waals surface area contributed by atoms with E-state index in [1.165, 1.54) is 0 Å². The standard InChI is InChI=1S/C33H38F3N5O2/c1-21-13-29(43-2)27(26-7-9-38-30(21)26)20-41-11-8-32(14-22(15-32)17-37)16-28(41)23-3-5-24(6-4-23)31(42)39-10-12-40-18-25(19-40)33(34,35)36/h3-7,9,13,22,25,28,38H,8,10-12,14-16,18-20H2,1-2H3,(H,39,42). The van der Waals surface area contributed by atoms with Crippen LogP contribution in [0.25, 0.3) is 10.9 Å². The number of aryl methyl sites for hydroxylation is 1. The Morgan fingerprint density at radius 3 is 2.60 bits per heavy atom. The van der Waals surface area contributed by atoms with E-state index < -0.39 is 12.1 Å². The maximum atomic E-state index is 12.8. The minimum Gasteiger partial charge on any atom is -0.496 e. The van der Waals surface area contributed by atoms with Crippen molar-refractivity contribution < 1.29 is 22.7 Å². The number of aromatic nitrogens is 1. The van der Waals surface area contributed by atoms with Crippen molar-refractivity contribution in [3.8, 4) is 11.8 Å². The molecule has 1 aliphatic carbocycles. The first kappa shape index (κ1) is 29.5. The fourth-order valence-electron chi connectivity index (χ4n) is 7.37. The number of alkyl halides is 3. The Balaban J connectivity index is 1.16. The Kier molecular flexibility index (Phi) is 7.90. The van der Waals surface area contributed by atoms with Gasteiger partial charge in [0.05, 0.1) is 19.1 Å². The van der Waals surface area contributed by atoms with Crippen LogP contribution in [0.5, 0.6) is 5.75 Å². The Morgan fingerprint density at radius 2 is 1.93 bits per heavy atom. The number of amides is 1. The first-order valence-corrected chi connectivity index (χ1v) is 15.0. The highest BCUT2D eigenvalue weighted by Gasteiger charge is 2.49. The maximum Gasteiger partial charge on any atom is 0.394 e. The zero-order valence-corrected chi connectivity index (χ0v) is 24.6. The highest BCUT2D eigenvalue weighted by molar-refractivity contribution is 5.94. The fourth-order valence-corrected chi connectivity index (χ4v) is 7.37. The molecule has 1 spiro atoms. The number of nitrogens with one attached hydrogen (secondary N) is 2. The second-order valence-corrected chi connectivity index (χ2v) is 12.7. The highest BCUT2D eigenvalue weighted by atomic mass is 19.4. The third kappa shape index (κ3) is 5.85. The molecule has 1 aromatic heterocycles. The van der Waals surface area contributed by atoms with E-state index in [0.717, 1.165) is 65.6 Å². The molecule has 6 rings (SSSR count). The number of fused-ring (bicyclic) bond motifs is 1. The van der Waals surface area contributed by atoms with Crippen LogP contribution in [0.15, 0.2) is 42.6 Å². The Morgan fingerprint density at radius 1 is 1.19 bits per heavy atom. The molecule has 0 bridgehead atoms. The molecule has 228 valence electrons. The van der Waals surface area contributed by atoms with Crippen molar-refractivity contribution in [3.63, 3.8) is 0 Å². The van der Waals surface area contributed by atoms with Crippen LogP contribution < -0.4 is 10.1 Å². The van der Waals surface area contributed by atoms with Gasteiger partial charge in [-0.15, -0.1) is 0 Å². The van der Waals surface area contributed by atoms with E-state index in [1.54, 1.807) is 12.0 Å². The molecule has 43 heavy (non-hydrogen) atoms. The van der Waals surface area contributed by atoms with Crippen LogP contribution in [-0.2, 0) is 6.54 Å². The van der Waals surface area contributed by atoms with Gasteiger partial charge >= 0.3 is 6.18 Å². The number of carbonyl (C=O) groups is 1. The van der Waals surface area contributed by atoms with Crippen molar-refractivity contribution in [2.75, 3.05) is 39.8 Å². The van der Waals surface area contributed by atoms with E-state index in [-0.39, 0.29) is 36.4 Å². The highest BCUT2D eigenvalue weighted by Crippen LogP contribution is 2.57. The van der Waals surface area contributed by atoms with Gasteiger partial charge < -0.3 is 19.9 Å².